The second-order valence-electron chi connectivity index (χ2n) is 4.41. The Morgan fingerprint density at radius 1 is 1.43 bits per heavy atom. The molecule has 8 heteroatoms. The average Bonchev–Trinajstić information content (AvgIpc) is 2.44. The number of carbonyl (C=O) groups is 2. The summed E-state index contributed by atoms with van der Waals surface area (Å²) >= 11 is 3.05. The van der Waals surface area contributed by atoms with Gasteiger partial charge in [-0.25, -0.2) is 0 Å². The molecule has 0 aliphatic carbocycles. The fourth-order valence-corrected chi connectivity index (χ4v) is 1.93. The summed E-state index contributed by atoms with van der Waals surface area (Å²) in [6, 6.07) is 3.32. The molecule has 7 nitrogen and oxygen atoms in total. The fourth-order valence-electron chi connectivity index (χ4n) is 1.54. The number of benzene rings is 1. The first-order valence-electron chi connectivity index (χ1n) is 6.39. The molecule has 0 spiro atoms. The van der Waals surface area contributed by atoms with Crippen LogP contribution < -0.4 is 10.6 Å². The molecule has 0 unspecified atom stereocenters. The molecule has 0 radical (unpaired) electrons. The SMILES string of the molecule is CCCNC(=O)[C@H](C)NC(=O)c1ccc(Br)c([N+](=O)[O-])c1. The van der Waals surface area contributed by atoms with Crippen LogP contribution in [0.4, 0.5) is 5.69 Å². The maximum atomic E-state index is 12.0. The number of nitrogens with one attached hydrogen (secondary N) is 2. The molecular weight excluding hydrogens is 342 g/mol. The Kier molecular flexibility index (Phi) is 6.29. The Labute approximate surface area is 130 Å². The molecule has 0 fully saturated rings. The van der Waals surface area contributed by atoms with Crippen LogP contribution in [0.1, 0.15) is 30.6 Å². The van der Waals surface area contributed by atoms with Crippen molar-refractivity contribution in [3.05, 3.63) is 38.3 Å². The van der Waals surface area contributed by atoms with Gasteiger partial charge in [0, 0.05) is 18.2 Å². The van der Waals surface area contributed by atoms with Gasteiger partial charge in [0.15, 0.2) is 0 Å². The van der Waals surface area contributed by atoms with E-state index in [2.05, 4.69) is 26.6 Å². The number of hydrogen-bond acceptors (Lipinski definition) is 4. The molecule has 0 aliphatic rings. The van der Waals surface area contributed by atoms with Gasteiger partial charge >= 0.3 is 0 Å². The molecular formula is C13H16BrN3O4. The lowest BCUT2D eigenvalue weighted by atomic mass is 10.1. The minimum Gasteiger partial charge on any atom is -0.354 e. The summed E-state index contributed by atoms with van der Waals surface area (Å²) in [7, 11) is 0. The van der Waals surface area contributed by atoms with Crippen LogP contribution in [0.5, 0.6) is 0 Å². The molecule has 1 aromatic rings. The number of halogens is 1. The summed E-state index contributed by atoms with van der Waals surface area (Å²) in [5, 5.41) is 16.0. The zero-order chi connectivity index (χ0) is 16.0. The normalized spacial score (nSPS) is 11.6. The molecule has 0 saturated carbocycles. The highest BCUT2D eigenvalue weighted by Gasteiger charge is 2.19. The molecule has 2 N–H and O–H groups in total. The standard InChI is InChI=1S/C13H16BrN3O4/c1-3-6-15-12(18)8(2)16-13(19)9-4-5-10(14)11(7-9)17(20)21/h4-5,7-8H,3,6H2,1-2H3,(H,15,18)(H,16,19)/t8-/m0/s1. The monoisotopic (exact) mass is 357 g/mol. The number of amides is 2. The van der Waals surface area contributed by atoms with E-state index in [1.54, 1.807) is 6.92 Å². The molecule has 21 heavy (non-hydrogen) atoms. The summed E-state index contributed by atoms with van der Waals surface area (Å²) in [5.74, 6) is -0.832. The summed E-state index contributed by atoms with van der Waals surface area (Å²) in [6.07, 6.45) is 0.797. The van der Waals surface area contributed by atoms with E-state index in [1.807, 2.05) is 6.92 Å². The first kappa shape index (κ1) is 17.1. The summed E-state index contributed by atoms with van der Waals surface area (Å²) < 4.78 is 0.290. The van der Waals surface area contributed by atoms with Crippen LogP contribution >= 0.6 is 15.9 Å². The van der Waals surface area contributed by atoms with E-state index >= 15 is 0 Å². The van der Waals surface area contributed by atoms with Crippen LogP contribution in [-0.2, 0) is 4.79 Å². The van der Waals surface area contributed by atoms with Crippen LogP contribution in [-0.4, -0.2) is 29.3 Å². The van der Waals surface area contributed by atoms with Gasteiger partial charge in [-0.2, -0.15) is 0 Å². The van der Waals surface area contributed by atoms with E-state index < -0.39 is 16.9 Å². The van der Waals surface area contributed by atoms with Crippen molar-refractivity contribution in [1.82, 2.24) is 10.6 Å². The Balaban J connectivity index is 2.78. The highest BCUT2D eigenvalue weighted by Crippen LogP contribution is 2.25. The van der Waals surface area contributed by atoms with E-state index in [4.69, 9.17) is 0 Å². The molecule has 2 amide bonds. The Morgan fingerprint density at radius 3 is 2.67 bits per heavy atom. The van der Waals surface area contributed by atoms with Crippen LogP contribution in [0.25, 0.3) is 0 Å². The fraction of sp³-hybridized carbons (Fsp3) is 0.385. The average molecular weight is 358 g/mol. The molecule has 0 saturated heterocycles. The highest BCUT2D eigenvalue weighted by atomic mass is 79.9. The van der Waals surface area contributed by atoms with Crippen molar-refractivity contribution in [2.24, 2.45) is 0 Å². The van der Waals surface area contributed by atoms with E-state index in [9.17, 15) is 19.7 Å². The van der Waals surface area contributed by atoms with E-state index in [0.29, 0.717) is 6.54 Å². The third-order valence-corrected chi connectivity index (χ3v) is 3.37. The Bertz CT molecular complexity index is 562. The van der Waals surface area contributed by atoms with Gasteiger partial charge < -0.3 is 10.6 Å². The molecule has 1 rings (SSSR count). The predicted molar refractivity (Wildman–Crippen MR) is 81.0 cm³/mol. The maximum absolute atomic E-state index is 12.0. The maximum Gasteiger partial charge on any atom is 0.284 e. The third-order valence-electron chi connectivity index (χ3n) is 2.70. The van der Waals surface area contributed by atoms with Crippen molar-refractivity contribution in [2.75, 3.05) is 6.54 Å². The smallest absolute Gasteiger partial charge is 0.284 e. The minimum absolute atomic E-state index is 0.125. The molecule has 114 valence electrons. The van der Waals surface area contributed by atoms with Crippen LogP contribution in [0.3, 0.4) is 0 Å². The zero-order valence-corrected chi connectivity index (χ0v) is 13.3. The number of nitro benzene ring substituents is 1. The zero-order valence-electron chi connectivity index (χ0n) is 11.7. The first-order valence-corrected chi connectivity index (χ1v) is 7.18. The van der Waals surface area contributed by atoms with Gasteiger partial charge in [0.25, 0.3) is 11.6 Å². The van der Waals surface area contributed by atoms with Gasteiger partial charge in [0.05, 0.1) is 9.40 Å². The van der Waals surface area contributed by atoms with Crippen LogP contribution in [0, 0.1) is 10.1 Å². The second kappa shape index (κ2) is 7.72. The number of hydrogen-bond donors (Lipinski definition) is 2. The van der Waals surface area contributed by atoms with E-state index in [0.717, 1.165) is 12.5 Å². The van der Waals surface area contributed by atoms with Crippen molar-refractivity contribution in [2.45, 2.75) is 26.3 Å². The van der Waals surface area contributed by atoms with Crippen molar-refractivity contribution < 1.29 is 14.5 Å². The summed E-state index contributed by atoms with van der Waals surface area (Å²) in [5.41, 5.74) is -0.0780. The Morgan fingerprint density at radius 2 is 2.10 bits per heavy atom. The lowest BCUT2D eigenvalue weighted by molar-refractivity contribution is -0.385. The molecule has 0 aromatic heterocycles. The largest absolute Gasteiger partial charge is 0.354 e. The first-order chi connectivity index (χ1) is 9.86. The van der Waals surface area contributed by atoms with Crippen molar-refractivity contribution in [1.29, 1.82) is 0 Å². The highest BCUT2D eigenvalue weighted by molar-refractivity contribution is 9.10. The van der Waals surface area contributed by atoms with Gasteiger partial charge in [-0.15, -0.1) is 0 Å². The Hall–Kier alpha value is -1.96. The number of carbonyl (C=O) groups excluding carboxylic acids is 2. The molecule has 1 aromatic carbocycles. The molecule has 0 bridgehead atoms. The molecule has 0 heterocycles. The lowest BCUT2D eigenvalue weighted by Crippen LogP contribution is -2.45. The van der Waals surface area contributed by atoms with Gasteiger partial charge in [-0.05, 0) is 41.4 Å². The van der Waals surface area contributed by atoms with Crippen molar-refractivity contribution in [3.8, 4) is 0 Å². The number of nitro groups is 1. The van der Waals surface area contributed by atoms with Crippen molar-refractivity contribution >= 4 is 33.4 Å². The van der Waals surface area contributed by atoms with E-state index in [-0.39, 0.29) is 21.6 Å². The minimum atomic E-state index is -0.716. The van der Waals surface area contributed by atoms with Crippen LogP contribution in [0.2, 0.25) is 0 Å². The van der Waals surface area contributed by atoms with Gasteiger partial charge in [-0.1, -0.05) is 6.92 Å². The van der Waals surface area contributed by atoms with Crippen molar-refractivity contribution in [3.63, 3.8) is 0 Å². The predicted octanol–water partition coefficient (Wildman–Crippen LogP) is 2.00. The second-order valence-corrected chi connectivity index (χ2v) is 5.26. The third kappa shape index (κ3) is 4.82. The number of rotatable bonds is 6. The summed E-state index contributed by atoms with van der Waals surface area (Å²) in [6.45, 7) is 4.00. The quantitative estimate of drug-likeness (QED) is 0.600. The van der Waals surface area contributed by atoms with Gasteiger partial charge in [0.2, 0.25) is 5.91 Å². The van der Waals surface area contributed by atoms with Gasteiger partial charge in [-0.3, -0.25) is 19.7 Å². The lowest BCUT2D eigenvalue weighted by Gasteiger charge is -2.13. The molecule has 0 aliphatic heterocycles. The molecule has 1 atom stereocenters. The number of nitrogens with zero attached hydrogens (tertiary/aromatic N) is 1. The van der Waals surface area contributed by atoms with E-state index in [1.165, 1.54) is 12.1 Å². The topological polar surface area (TPSA) is 101 Å². The van der Waals surface area contributed by atoms with Crippen LogP contribution in [0.15, 0.2) is 22.7 Å². The van der Waals surface area contributed by atoms with Gasteiger partial charge in [0.1, 0.15) is 6.04 Å². The summed E-state index contributed by atoms with van der Waals surface area (Å²) in [4.78, 5) is 33.9.